The summed E-state index contributed by atoms with van der Waals surface area (Å²) in [4.78, 5) is 24.6. The van der Waals surface area contributed by atoms with Gasteiger partial charge in [0.1, 0.15) is 0 Å². The molecule has 1 saturated heterocycles. The highest BCUT2D eigenvalue weighted by atomic mass is 16.4. The van der Waals surface area contributed by atoms with Gasteiger partial charge in [-0.25, -0.2) is 4.79 Å². The second-order valence-electron chi connectivity index (χ2n) is 6.38. The van der Waals surface area contributed by atoms with Crippen molar-refractivity contribution in [1.82, 2.24) is 10.2 Å². The van der Waals surface area contributed by atoms with Crippen molar-refractivity contribution >= 4 is 12.0 Å². The van der Waals surface area contributed by atoms with Crippen molar-refractivity contribution in [3.8, 4) is 0 Å². The van der Waals surface area contributed by atoms with Gasteiger partial charge in [0.05, 0.1) is 0 Å². The summed E-state index contributed by atoms with van der Waals surface area (Å²) in [5.74, 6) is -0.662. The summed E-state index contributed by atoms with van der Waals surface area (Å²) in [7, 11) is 0. The van der Waals surface area contributed by atoms with Gasteiger partial charge in [0.2, 0.25) is 0 Å². The van der Waals surface area contributed by atoms with Crippen LogP contribution >= 0.6 is 0 Å². The van der Waals surface area contributed by atoms with Crippen molar-refractivity contribution in [3.05, 3.63) is 0 Å². The van der Waals surface area contributed by atoms with Gasteiger partial charge >= 0.3 is 12.0 Å². The van der Waals surface area contributed by atoms with Crippen LogP contribution in [0.25, 0.3) is 0 Å². The number of rotatable bonds is 4. The maximum atomic E-state index is 12.1. The van der Waals surface area contributed by atoms with E-state index in [-0.39, 0.29) is 23.8 Å². The van der Waals surface area contributed by atoms with Crippen LogP contribution in [-0.4, -0.2) is 41.6 Å². The second kappa shape index (κ2) is 5.80. The minimum absolute atomic E-state index is 0.0248. The SMILES string of the molecule is CC1(CNC(=O)N2CCCC(CC(=O)O)C2)CCC1. The lowest BCUT2D eigenvalue weighted by molar-refractivity contribution is -0.138. The van der Waals surface area contributed by atoms with Crippen LogP contribution in [0.4, 0.5) is 4.79 Å². The molecule has 1 aliphatic carbocycles. The molecular formula is C14H24N2O3. The van der Waals surface area contributed by atoms with E-state index in [0.29, 0.717) is 6.54 Å². The Hall–Kier alpha value is -1.26. The van der Waals surface area contributed by atoms with Gasteiger partial charge in [0, 0.05) is 26.1 Å². The highest BCUT2D eigenvalue weighted by Gasteiger charge is 2.33. The Morgan fingerprint density at radius 1 is 1.37 bits per heavy atom. The van der Waals surface area contributed by atoms with E-state index in [1.165, 1.54) is 19.3 Å². The normalized spacial score (nSPS) is 25.5. The topological polar surface area (TPSA) is 69.6 Å². The van der Waals surface area contributed by atoms with Gasteiger partial charge in [-0.1, -0.05) is 13.3 Å². The van der Waals surface area contributed by atoms with Crippen LogP contribution in [0, 0.1) is 11.3 Å². The number of nitrogens with zero attached hydrogens (tertiary/aromatic N) is 1. The summed E-state index contributed by atoms with van der Waals surface area (Å²) >= 11 is 0. The molecule has 0 aromatic carbocycles. The molecule has 1 atom stereocenters. The van der Waals surface area contributed by atoms with Crippen molar-refractivity contribution < 1.29 is 14.7 Å². The molecule has 19 heavy (non-hydrogen) atoms. The average molecular weight is 268 g/mol. The first kappa shape index (κ1) is 14.2. The number of likely N-dealkylation sites (tertiary alicyclic amines) is 1. The lowest BCUT2D eigenvalue weighted by Crippen LogP contribution is -2.49. The van der Waals surface area contributed by atoms with E-state index in [0.717, 1.165) is 25.9 Å². The van der Waals surface area contributed by atoms with E-state index in [4.69, 9.17) is 5.11 Å². The molecule has 2 amide bonds. The molecule has 2 rings (SSSR count). The molecule has 0 spiro atoms. The van der Waals surface area contributed by atoms with Crippen molar-refractivity contribution in [2.45, 2.75) is 45.4 Å². The quantitative estimate of drug-likeness (QED) is 0.820. The largest absolute Gasteiger partial charge is 0.481 e. The molecule has 0 aromatic heterocycles. The zero-order valence-electron chi connectivity index (χ0n) is 11.7. The predicted octanol–water partition coefficient (Wildman–Crippen LogP) is 2.07. The Morgan fingerprint density at radius 2 is 2.11 bits per heavy atom. The fourth-order valence-electron chi connectivity index (χ4n) is 3.02. The zero-order chi connectivity index (χ0) is 13.9. The van der Waals surface area contributed by atoms with Crippen LogP contribution in [0.3, 0.4) is 0 Å². The molecular weight excluding hydrogens is 244 g/mol. The third kappa shape index (κ3) is 3.85. The number of urea groups is 1. The number of piperidine rings is 1. The summed E-state index contributed by atoms with van der Waals surface area (Å²) in [6.45, 7) is 4.28. The summed E-state index contributed by atoms with van der Waals surface area (Å²) in [6, 6.07) is -0.0248. The fourth-order valence-corrected chi connectivity index (χ4v) is 3.02. The third-order valence-corrected chi connectivity index (χ3v) is 4.50. The maximum Gasteiger partial charge on any atom is 0.317 e. The minimum atomic E-state index is -0.769. The van der Waals surface area contributed by atoms with E-state index >= 15 is 0 Å². The first-order chi connectivity index (χ1) is 8.98. The number of carbonyl (C=O) groups is 2. The number of aliphatic carboxylic acids is 1. The van der Waals surface area contributed by atoms with Crippen molar-refractivity contribution in [2.75, 3.05) is 19.6 Å². The molecule has 1 aliphatic heterocycles. The van der Waals surface area contributed by atoms with Crippen molar-refractivity contribution in [1.29, 1.82) is 0 Å². The van der Waals surface area contributed by atoms with Crippen molar-refractivity contribution in [3.63, 3.8) is 0 Å². The first-order valence-corrected chi connectivity index (χ1v) is 7.23. The molecule has 1 saturated carbocycles. The molecule has 2 fully saturated rings. The molecule has 2 aliphatic rings. The zero-order valence-corrected chi connectivity index (χ0v) is 11.7. The molecule has 0 aromatic rings. The van der Waals surface area contributed by atoms with Crippen LogP contribution in [0.2, 0.25) is 0 Å². The Balaban J connectivity index is 1.76. The van der Waals surface area contributed by atoms with Gasteiger partial charge in [-0.05, 0) is 37.0 Å². The molecule has 1 unspecified atom stereocenters. The lowest BCUT2D eigenvalue weighted by atomic mass is 9.70. The highest BCUT2D eigenvalue weighted by molar-refractivity contribution is 5.74. The van der Waals surface area contributed by atoms with Gasteiger partial charge < -0.3 is 15.3 Å². The van der Waals surface area contributed by atoms with Gasteiger partial charge in [0.25, 0.3) is 0 Å². The Bertz CT molecular complexity index is 353. The van der Waals surface area contributed by atoms with E-state index in [1.807, 2.05) is 0 Å². The Labute approximate surface area is 114 Å². The molecule has 5 heteroatoms. The summed E-state index contributed by atoms with van der Waals surface area (Å²) < 4.78 is 0. The molecule has 0 bridgehead atoms. The number of amides is 2. The molecule has 108 valence electrons. The average Bonchev–Trinajstić information content (AvgIpc) is 2.33. The monoisotopic (exact) mass is 268 g/mol. The predicted molar refractivity (Wildman–Crippen MR) is 71.9 cm³/mol. The number of carboxylic acid groups (broad SMARTS) is 1. The highest BCUT2D eigenvalue weighted by Crippen LogP contribution is 2.39. The summed E-state index contributed by atoms with van der Waals surface area (Å²) in [5.41, 5.74) is 0.284. The Kier molecular flexibility index (Phi) is 4.32. The molecule has 2 N–H and O–H groups in total. The van der Waals surface area contributed by atoms with E-state index in [1.54, 1.807) is 4.90 Å². The van der Waals surface area contributed by atoms with E-state index in [2.05, 4.69) is 12.2 Å². The third-order valence-electron chi connectivity index (χ3n) is 4.50. The first-order valence-electron chi connectivity index (χ1n) is 7.23. The standard InChI is InChI=1S/C14H24N2O3/c1-14(5-3-6-14)10-15-13(19)16-7-2-4-11(9-16)8-12(17)18/h11H,2-10H2,1H3,(H,15,19)(H,17,18). The number of hydrogen-bond donors (Lipinski definition) is 2. The second-order valence-corrected chi connectivity index (χ2v) is 6.38. The summed E-state index contributed by atoms with van der Waals surface area (Å²) in [5, 5.41) is 11.8. The number of carboxylic acids is 1. The smallest absolute Gasteiger partial charge is 0.317 e. The molecule has 5 nitrogen and oxygen atoms in total. The van der Waals surface area contributed by atoms with Gasteiger partial charge in [-0.15, -0.1) is 0 Å². The van der Waals surface area contributed by atoms with Crippen molar-refractivity contribution in [2.24, 2.45) is 11.3 Å². The van der Waals surface area contributed by atoms with Crippen LogP contribution in [0.15, 0.2) is 0 Å². The van der Waals surface area contributed by atoms with Gasteiger partial charge in [0.15, 0.2) is 0 Å². The molecule has 0 radical (unpaired) electrons. The van der Waals surface area contributed by atoms with Crippen LogP contribution < -0.4 is 5.32 Å². The van der Waals surface area contributed by atoms with Gasteiger partial charge in [-0.3, -0.25) is 4.79 Å². The molecule has 1 heterocycles. The van der Waals surface area contributed by atoms with Crippen LogP contribution in [0.5, 0.6) is 0 Å². The lowest BCUT2D eigenvalue weighted by Gasteiger charge is -2.39. The van der Waals surface area contributed by atoms with E-state index < -0.39 is 5.97 Å². The number of hydrogen-bond acceptors (Lipinski definition) is 2. The number of carbonyl (C=O) groups excluding carboxylic acids is 1. The number of nitrogens with one attached hydrogen (secondary N) is 1. The van der Waals surface area contributed by atoms with Crippen LogP contribution in [0.1, 0.15) is 45.4 Å². The minimum Gasteiger partial charge on any atom is -0.481 e. The summed E-state index contributed by atoms with van der Waals surface area (Å²) in [6.07, 6.45) is 5.62. The van der Waals surface area contributed by atoms with Crippen LogP contribution in [-0.2, 0) is 4.79 Å². The maximum absolute atomic E-state index is 12.1. The fraction of sp³-hybridized carbons (Fsp3) is 0.857. The van der Waals surface area contributed by atoms with E-state index in [9.17, 15) is 9.59 Å². The van der Waals surface area contributed by atoms with Gasteiger partial charge in [-0.2, -0.15) is 0 Å². The Morgan fingerprint density at radius 3 is 2.68 bits per heavy atom.